The van der Waals surface area contributed by atoms with Crippen LogP contribution >= 0.6 is 0 Å². The smallest absolute Gasteiger partial charge is 0.238 e. The molecule has 0 radical (unpaired) electrons. The zero-order valence-corrected chi connectivity index (χ0v) is 26.1. The van der Waals surface area contributed by atoms with Crippen LogP contribution in [0.5, 0.6) is 0 Å². The van der Waals surface area contributed by atoms with Crippen molar-refractivity contribution in [1.82, 2.24) is 24.1 Å². The highest BCUT2D eigenvalue weighted by atomic mass is 16.3. The number of hydrogen-bond donors (Lipinski definition) is 0. The van der Waals surface area contributed by atoms with Gasteiger partial charge in [-0.25, -0.2) is 9.97 Å². The Labute approximate surface area is 279 Å². The molecule has 11 rings (SSSR count). The maximum absolute atomic E-state index is 6.47. The predicted octanol–water partition coefficient (Wildman–Crippen LogP) is 10.8. The van der Waals surface area contributed by atoms with Crippen molar-refractivity contribution in [3.8, 4) is 23.0 Å². The third kappa shape index (κ3) is 3.74. The largest absolute Gasteiger partial charge is 0.437 e. The third-order valence-electron chi connectivity index (χ3n) is 9.79. The molecule has 0 unspecified atom stereocenters. The van der Waals surface area contributed by atoms with Gasteiger partial charge in [-0.1, -0.05) is 97.1 Å². The Balaban J connectivity index is 1.27. The lowest BCUT2D eigenvalue weighted by Gasteiger charge is -2.10. The van der Waals surface area contributed by atoms with E-state index in [9.17, 15) is 0 Å². The number of furan rings is 1. The van der Waals surface area contributed by atoms with E-state index in [1.54, 1.807) is 0 Å². The molecule has 5 aromatic heterocycles. The van der Waals surface area contributed by atoms with Crippen LogP contribution < -0.4 is 0 Å². The van der Waals surface area contributed by atoms with Gasteiger partial charge in [-0.05, 0) is 59.3 Å². The summed E-state index contributed by atoms with van der Waals surface area (Å²) in [6.07, 6.45) is 1.85. The van der Waals surface area contributed by atoms with E-state index in [0.29, 0.717) is 11.7 Å². The van der Waals surface area contributed by atoms with E-state index in [0.717, 1.165) is 82.4 Å². The Hall–Kier alpha value is -6.79. The van der Waals surface area contributed by atoms with Crippen molar-refractivity contribution < 1.29 is 4.42 Å². The summed E-state index contributed by atoms with van der Waals surface area (Å²) in [6, 6.07) is 50.7. The maximum atomic E-state index is 6.47. The molecule has 0 aliphatic rings. The SMILES string of the molecule is c1ccc(-n2c3ccccc3c3cc4c(cc32)c2ccccc2n4-c2nc(-c3ccc4ccccc4c3)c3c(n2)oc2ccccc23)nc1. The second-order valence-electron chi connectivity index (χ2n) is 12.5. The molecule has 0 aliphatic carbocycles. The van der Waals surface area contributed by atoms with Gasteiger partial charge in [-0.2, -0.15) is 4.98 Å². The van der Waals surface area contributed by atoms with E-state index in [1.807, 2.05) is 36.5 Å². The summed E-state index contributed by atoms with van der Waals surface area (Å²) in [5.74, 6) is 1.45. The molecule has 11 aromatic rings. The molecular weight excluding hydrogens is 603 g/mol. The van der Waals surface area contributed by atoms with Gasteiger partial charge in [0.1, 0.15) is 11.4 Å². The number of para-hydroxylation sites is 3. The van der Waals surface area contributed by atoms with Crippen LogP contribution in [0.3, 0.4) is 0 Å². The normalized spacial score (nSPS) is 12.1. The first-order chi connectivity index (χ1) is 24.3. The summed E-state index contributed by atoms with van der Waals surface area (Å²) >= 11 is 0. The molecule has 228 valence electrons. The van der Waals surface area contributed by atoms with Gasteiger partial charge in [0.25, 0.3) is 0 Å². The van der Waals surface area contributed by atoms with Gasteiger partial charge in [0.05, 0.1) is 33.1 Å². The Morgan fingerprint density at radius 2 is 1.12 bits per heavy atom. The molecule has 0 saturated carbocycles. The van der Waals surface area contributed by atoms with Crippen LogP contribution in [-0.4, -0.2) is 24.1 Å². The van der Waals surface area contributed by atoms with Crippen LogP contribution in [-0.2, 0) is 0 Å². The van der Waals surface area contributed by atoms with E-state index in [-0.39, 0.29) is 0 Å². The van der Waals surface area contributed by atoms with Crippen molar-refractivity contribution in [2.45, 2.75) is 0 Å². The number of benzene rings is 6. The van der Waals surface area contributed by atoms with Crippen molar-refractivity contribution in [3.05, 3.63) is 152 Å². The fraction of sp³-hybridized carbons (Fsp3) is 0. The number of hydrogen-bond acceptors (Lipinski definition) is 4. The number of aromatic nitrogens is 5. The third-order valence-corrected chi connectivity index (χ3v) is 9.79. The van der Waals surface area contributed by atoms with E-state index in [1.165, 1.54) is 5.39 Å². The molecule has 0 atom stereocenters. The maximum Gasteiger partial charge on any atom is 0.238 e. The van der Waals surface area contributed by atoms with Crippen LogP contribution in [0.25, 0.3) is 99.5 Å². The minimum atomic E-state index is 0.563. The standard InChI is InChI=1S/C43H25N5O/c1-2-12-27-23-28(21-20-26(27)11-1)41-40-31-15-5-8-18-38(31)49-42(40)46-43(45-41)48-35-17-7-4-14-30(35)33-24-36-32(25-37(33)48)29-13-3-6-16-34(29)47(36)39-19-9-10-22-44-39/h1-25H. The van der Waals surface area contributed by atoms with E-state index in [2.05, 4.69) is 124 Å². The zero-order valence-electron chi connectivity index (χ0n) is 26.1. The van der Waals surface area contributed by atoms with Gasteiger partial charge >= 0.3 is 0 Å². The molecule has 5 heterocycles. The summed E-state index contributed by atoms with van der Waals surface area (Å²) in [7, 11) is 0. The summed E-state index contributed by atoms with van der Waals surface area (Å²) in [5, 5.41) is 8.79. The highest BCUT2D eigenvalue weighted by Crippen LogP contribution is 2.41. The molecule has 0 bridgehead atoms. The number of rotatable bonds is 3. The van der Waals surface area contributed by atoms with Crippen molar-refractivity contribution in [2.75, 3.05) is 0 Å². The van der Waals surface area contributed by atoms with Gasteiger partial charge < -0.3 is 4.42 Å². The van der Waals surface area contributed by atoms with Crippen molar-refractivity contribution in [2.24, 2.45) is 0 Å². The molecule has 0 spiro atoms. The van der Waals surface area contributed by atoms with Crippen molar-refractivity contribution >= 4 is 76.5 Å². The van der Waals surface area contributed by atoms with E-state index in [4.69, 9.17) is 19.4 Å². The second kappa shape index (κ2) is 9.86. The molecular formula is C43H25N5O. The van der Waals surface area contributed by atoms with Gasteiger partial charge in [0.2, 0.25) is 11.7 Å². The van der Waals surface area contributed by atoms with Crippen LogP contribution in [0.1, 0.15) is 0 Å². The second-order valence-corrected chi connectivity index (χ2v) is 12.5. The Bertz CT molecular complexity index is 3110. The highest BCUT2D eigenvalue weighted by molar-refractivity contribution is 6.19. The quantitative estimate of drug-likeness (QED) is 0.196. The fourth-order valence-electron chi connectivity index (χ4n) is 7.64. The lowest BCUT2D eigenvalue weighted by Crippen LogP contribution is -2.03. The van der Waals surface area contributed by atoms with E-state index >= 15 is 0 Å². The lowest BCUT2D eigenvalue weighted by molar-refractivity contribution is 0.651. The van der Waals surface area contributed by atoms with Gasteiger partial charge in [-0.15, -0.1) is 0 Å². The Morgan fingerprint density at radius 1 is 0.469 bits per heavy atom. The molecule has 6 aromatic carbocycles. The number of fused-ring (bicyclic) bond motifs is 10. The van der Waals surface area contributed by atoms with Gasteiger partial charge in [0.15, 0.2) is 0 Å². The number of pyridine rings is 1. The molecule has 0 saturated heterocycles. The first-order valence-corrected chi connectivity index (χ1v) is 16.4. The number of nitrogens with zero attached hydrogens (tertiary/aromatic N) is 5. The van der Waals surface area contributed by atoms with Crippen molar-refractivity contribution in [1.29, 1.82) is 0 Å². The summed E-state index contributed by atoms with van der Waals surface area (Å²) in [4.78, 5) is 15.3. The molecule has 0 aliphatic heterocycles. The first kappa shape index (κ1) is 26.3. The Kier molecular flexibility index (Phi) is 5.29. The molecule has 0 amide bonds. The van der Waals surface area contributed by atoms with Crippen molar-refractivity contribution in [3.63, 3.8) is 0 Å². The first-order valence-electron chi connectivity index (χ1n) is 16.4. The fourth-order valence-corrected chi connectivity index (χ4v) is 7.64. The van der Waals surface area contributed by atoms with Crippen LogP contribution in [0.15, 0.2) is 156 Å². The van der Waals surface area contributed by atoms with Gasteiger partial charge in [0, 0.05) is 38.7 Å². The monoisotopic (exact) mass is 627 g/mol. The topological polar surface area (TPSA) is 61.7 Å². The molecule has 0 fully saturated rings. The minimum Gasteiger partial charge on any atom is -0.437 e. The van der Waals surface area contributed by atoms with Crippen LogP contribution in [0.2, 0.25) is 0 Å². The molecule has 49 heavy (non-hydrogen) atoms. The molecule has 6 nitrogen and oxygen atoms in total. The van der Waals surface area contributed by atoms with Crippen LogP contribution in [0, 0.1) is 0 Å². The average Bonchev–Trinajstić information content (AvgIpc) is 3.81. The van der Waals surface area contributed by atoms with Gasteiger partial charge in [-0.3, -0.25) is 9.13 Å². The summed E-state index contributed by atoms with van der Waals surface area (Å²) in [6.45, 7) is 0. The predicted molar refractivity (Wildman–Crippen MR) is 199 cm³/mol. The average molecular weight is 628 g/mol. The van der Waals surface area contributed by atoms with Crippen LogP contribution in [0.4, 0.5) is 0 Å². The molecule has 0 N–H and O–H groups in total. The Morgan fingerprint density at radius 3 is 1.90 bits per heavy atom. The summed E-state index contributed by atoms with van der Waals surface area (Å²) < 4.78 is 10.9. The minimum absolute atomic E-state index is 0.563. The highest BCUT2D eigenvalue weighted by Gasteiger charge is 2.23. The van der Waals surface area contributed by atoms with E-state index < -0.39 is 0 Å². The molecule has 6 heteroatoms. The summed E-state index contributed by atoms with van der Waals surface area (Å²) in [5.41, 5.74) is 7.47. The zero-order chi connectivity index (χ0) is 32.1. The lowest BCUT2D eigenvalue weighted by atomic mass is 10.0.